The van der Waals surface area contributed by atoms with Crippen molar-refractivity contribution in [1.29, 1.82) is 0 Å². The molecule has 2 N–H and O–H groups in total. The summed E-state index contributed by atoms with van der Waals surface area (Å²) in [6.07, 6.45) is 2.45. The molecule has 0 fully saturated rings. The third-order valence-electron chi connectivity index (χ3n) is 2.71. The molecule has 0 radical (unpaired) electrons. The Morgan fingerprint density at radius 2 is 1.77 bits per heavy atom. The van der Waals surface area contributed by atoms with Crippen LogP contribution in [0, 0.1) is 11.8 Å². The Labute approximate surface area is 126 Å². The predicted molar refractivity (Wildman–Crippen MR) is 52.1 cm³/mol. The van der Waals surface area contributed by atoms with E-state index < -0.39 is 0 Å². The molecule has 0 spiro atoms. The van der Waals surface area contributed by atoms with Crippen molar-refractivity contribution in [3.8, 4) is 0 Å². The molecule has 0 aromatic carbocycles. The summed E-state index contributed by atoms with van der Waals surface area (Å²) in [5.74, 6) is 0.625. The minimum absolute atomic E-state index is 0. The van der Waals surface area contributed by atoms with Gasteiger partial charge in [-0.05, 0) is 18.3 Å². The molecular weight excluding hydrogens is 191 g/mol. The van der Waals surface area contributed by atoms with Crippen LogP contribution in [0.5, 0.6) is 0 Å². The second-order valence-electron chi connectivity index (χ2n) is 3.65. The molecule has 0 aliphatic rings. The number of aliphatic hydroxyl groups excluding tert-OH is 2. The van der Waals surface area contributed by atoms with Gasteiger partial charge in [-0.2, -0.15) is 0 Å². The molecule has 2 nitrogen and oxygen atoms in total. The average Bonchev–Trinajstić information content (AvgIpc) is 2.12. The molecule has 3 heteroatoms. The molecule has 0 rings (SSSR count). The van der Waals surface area contributed by atoms with Gasteiger partial charge in [0, 0.05) is 6.61 Å². The van der Waals surface area contributed by atoms with E-state index in [2.05, 4.69) is 13.8 Å². The van der Waals surface area contributed by atoms with Crippen LogP contribution in [0.25, 0.3) is 0 Å². The SMILES string of the molecule is CCC(CO)CC(O)C(C)CC.[H-].[K+]. The predicted octanol–water partition coefficient (Wildman–Crippen LogP) is -1.08. The molecule has 0 aliphatic carbocycles. The summed E-state index contributed by atoms with van der Waals surface area (Å²) < 4.78 is 0. The van der Waals surface area contributed by atoms with Crippen molar-refractivity contribution in [2.24, 2.45) is 11.8 Å². The number of hydrogen-bond acceptors (Lipinski definition) is 2. The molecule has 0 saturated heterocycles. The maximum Gasteiger partial charge on any atom is 1.00 e. The van der Waals surface area contributed by atoms with Crippen LogP contribution in [-0.2, 0) is 0 Å². The fraction of sp³-hybridized carbons (Fsp3) is 1.00. The van der Waals surface area contributed by atoms with E-state index in [4.69, 9.17) is 5.11 Å². The van der Waals surface area contributed by atoms with Gasteiger partial charge < -0.3 is 11.6 Å². The number of rotatable bonds is 6. The average molecular weight is 214 g/mol. The first kappa shape index (κ1) is 17.0. The Kier molecular flexibility index (Phi) is 13.2. The van der Waals surface area contributed by atoms with Crippen LogP contribution >= 0.6 is 0 Å². The quantitative estimate of drug-likeness (QED) is 0.552. The second-order valence-corrected chi connectivity index (χ2v) is 3.65. The Hall–Kier alpha value is 1.56. The summed E-state index contributed by atoms with van der Waals surface area (Å²) in [4.78, 5) is 0. The van der Waals surface area contributed by atoms with Gasteiger partial charge in [0.1, 0.15) is 0 Å². The Balaban J connectivity index is -0.000000605. The van der Waals surface area contributed by atoms with Crippen molar-refractivity contribution >= 4 is 0 Å². The van der Waals surface area contributed by atoms with Gasteiger partial charge in [-0.15, -0.1) is 0 Å². The zero-order chi connectivity index (χ0) is 9.56. The van der Waals surface area contributed by atoms with Gasteiger partial charge in [-0.3, -0.25) is 0 Å². The van der Waals surface area contributed by atoms with Crippen molar-refractivity contribution < 1.29 is 63.0 Å². The van der Waals surface area contributed by atoms with Gasteiger partial charge in [-0.1, -0.05) is 33.6 Å². The molecule has 3 unspecified atom stereocenters. The van der Waals surface area contributed by atoms with Crippen molar-refractivity contribution in [3.05, 3.63) is 0 Å². The maximum atomic E-state index is 9.64. The van der Waals surface area contributed by atoms with Crippen molar-refractivity contribution in [2.75, 3.05) is 6.61 Å². The zero-order valence-corrected chi connectivity index (χ0v) is 12.6. The largest absolute Gasteiger partial charge is 1.00 e. The minimum Gasteiger partial charge on any atom is -1.00 e. The first-order chi connectivity index (χ1) is 5.65. The van der Waals surface area contributed by atoms with E-state index in [1.54, 1.807) is 0 Å². The molecule has 13 heavy (non-hydrogen) atoms. The molecule has 0 aliphatic heterocycles. The molecule has 0 aromatic heterocycles. The van der Waals surface area contributed by atoms with Crippen LogP contribution in [0.4, 0.5) is 0 Å². The van der Waals surface area contributed by atoms with Gasteiger partial charge in [0.25, 0.3) is 0 Å². The topological polar surface area (TPSA) is 40.5 Å². The van der Waals surface area contributed by atoms with Gasteiger partial charge in [0.2, 0.25) is 0 Å². The third-order valence-corrected chi connectivity index (χ3v) is 2.71. The zero-order valence-electron chi connectivity index (χ0n) is 10.5. The van der Waals surface area contributed by atoms with Gasteiger partial charge in [0.05, 0.1) is 6.10 Å². The first-order valence-corrected chi connectivity index (χ1v) is 4.94. The standard InChI is InChI=1S/C10H22O2.K.H/c1-4-8(3)10(12)6-9(5-2)7-11;;/h8-12H,4-7H2,1-3H3;;/q;+1;-1. The van der Waals surface area contributed by atoms with E-state index in [0.29, 0.717) is 5.92 Å². The van der Waals surface area contributed by atoms with Crippen LogP contribution in [0.15, 0.2) is 0 Å². The van der Waals surface area contributed by atoms with E-state index in [-0.39, 0.29) is 71.4 Å². The summed E-state index contributed by atoms with van der Waals surface area (Å²) in [6, 6.07) is 0. The minimum atomic E-state index is -0.243. The maximum absolute atomic E-state index is 9.64. The Morgan fingerprint density at radius 1 is 1.23 bits per heavy atom. The van der Waals surface area contributed by atoms with E-state index in [1.165, 1.54) is 0 Å². The molecule has 76 valence electrons. The van der Waals surface area contributed by atoms with Crippen LogP contribution in [0.2, 0.25) is 0 Å². The van der Waals surface area contributed by atoms with Gasteiger partial charge in [-0.25, -0.2) is 0 Å². The molecule has 0 amide bonds. The molecule has 0 aromatic rings. The van der Waals surface area contributed by atoms with Crippen LogP contribution in [0.3, 0.4) is 0 Å². The van der Waals surface area contributed by atoms with E-state index in [1.807, 2.05) is 6.92 Å². The molecule has 0 saturated carbocycles. The van der Waals surface area contributed by atoms with Crippen molar-refractivity contribution in [2.45, 2.75) is 46.1 Å². The monoisotopic (exact) mass is 214 g/mol. The van der Waals surface area contributed by atoms with E-state index in [0.717, 1.165) is 19.3 Å². The summed E-state index contributed by atoms with van der Waals surface area (Å²) in [5.41, 5.74) is 0. The molecule has 0 heterocycles. The van der Waals surface area contributed by atoms with Crippen LogP contribution in [0.1, 0.15) is 41.5 Å². The fourth-order valence-electron chi connectivity index (χ4n) is 1.22. The van der Waals surface area contributed by atoms with Crippen molar-refractivity contribution in [3.63, 3.8) is 0 Å². The summed E-state index contributed by atoms with van der Waals surface area (Å²) in [5, 5.41) is 18.6. The number of aliphatic hydroxyl groups is 2. The van der Waals surface area contributed by atoms with Crippen molar-refractivity contribution in [1.82, 2.24) is 0 Å². The normalized spacial score (nSPS) is 17.3. The van der Waals surface area contributed by atoms with E-state index in [9.17, 15) is 5.11 Å². The Morgan fingerprint density at radius 3 is 2.08 bits per heavy atom. The molecule has 0 bridgehead atoms. The first-order valence-electron chi connectivity index (χ1n) is 4.94. The fourth-order valence-corrected chi connectivity index (χ4v) is 1.22. The van der Waals surface area contributed by atoms with E-state index >= 15 is 0 Å². The smallest absolute Gasteiger partial charge is 1.00 e. The molecule has 3 atom stereocenters. The second kappa shape index (κ2) is 10.1. The van der Waals surface area contributed by atoms with Gasteiger partial charge >= 0.3 is 51.4 Å². The summed E-state index contributed by atoms with van der Waals surface area (Å²) >= 11 is 0. The summed E-state index contributed by atoms with van der Waals surface area (Å²) in [7, 11) is 0. The number of hydrogen-bond donors (Lipinski definition) is 2. The molecular formula is C10H23KO2. The van der Waals surface area contributed by atoms with Crippen LogP contribution in [-0.4, -0.2) is 22.9 Å². The third kappa shape index (κ3) is 7.48. The summed E-state index contributed by atoms with van der Waals surface area (Å²) in [6.45, 7) is 6.37. The van der Waals surface area contributed by atoms with Gasteiger partial charge in [0.15, 0.2) is 0 Å². The Bertz CT molecular complexity index is 110. The van der Waals surface area contributed by atoms with Crippen LogP contribution < -0.4 is 51.4 Å².